The van der Waals surface area contributed by atoms with Crippen molar-refractivity contribution in [2.24, 2.45) is 0 Å². The van der Waals surface area contributed by atoms with Gasteiger partial charge in [-0.2, -0.15) is 0 Å². The van der Waals surface area contributed by atoms with Crippen molar-refractivity contribution in [3.63, 3.8) is 0 Å². The van der Waals surface area contributed by atoms with E-state index in [1.165, 1.54) is 10.4 Å². The average molecular weight is 389 g/mol. The molecule has 138 valence electrons. The number of thiocarbonyl (C=S) groups is 1. The van der Waals surface area contributed by atoms with Crippen molar-refractivity contribution in [1.29, 1.82) is 0 Å². The Labute approximate surface area is 164 Å². The highest BCUT2D eigenvalue weighted by atomic mass is 32.1. The number of aromatic nitrogens is 1. The molecule has 1 N–H and O–H groups in total. The average Bonchev–Trinajstić information content (AvgIpc) is 3.24. The molecule has 0 radical (unpaired) electrons. The number of ether oxygens (including phenoxy) is 1. The zero-order valence-corrected chi connectivity index (χ0v) is 16.6. The van der Waals surface area contributed by atoms with Gasteiger partial charge in [-0.25, -0.2) is 0 Å². The van der Waals surface area contributed by atoms with E-state index in [2.05, 4.69) is 44.5 Å². The number of rotatable bonds is 5. The molecule has 0 saturated carbocycles. The lowest BCUT2D eigenvalue weighted by molar-refractivity contribution is 0.0350. The third-order valence-electron chi connectivity index (χ3n) is 5.13. The molecule has 2 aliphatic heterocycles. The minimum absolute atomic E-state index is 0.0886. The van der Waals surface area contributed by atoms with Gasteiger partial charge in [-0.3, -0.25) is 9.88 Å². The number of thiophene rings is 1. The fourth-order valence-corrected chi connectivity index (χ4v) is 5.10. The monoisotopic (exact) mass is 388 g/mol. The molecule has 2 fully saturated rings. The molecule has 0 spiro atoms. The van der Waals surface area contributed by atoms with E-state index in [-0.39, 0.29) is 12.1 Å². The van der Waals surface area contributed by atoms with Crippen LogP contribution in [0.3, 0.4) is 0 Å². The number of pyridine rings is 1. The molecule has 0 aromatic carbocycles. The first-order valence-electron chi connectivity index (χ1n) is 9.06. The second kappa shape index (κ2) is 8.00. The summed E-state index contributed by atoms with van der Waals surface area (Å²) in [5, 5.41) is 6.53. The molecule has 4 heterocycles. The van der Waals surface area contributed by atoms with Crippen LogP contribution >= 0.6 is 23.6 Å². The standard InChI is InChI=1S/C19H24N4OS2/c1-14-5-13-26-18(14)17-16(15-4-2-3-6-20-15)21-19(25)23(17)8-7-22-9-11-24-12-10-22/h2-6,13,16-17H,7-12H2,1H3,(H,21,25)/t16-,17+/m1/s1. The van der Waals surface area contributed by atoms with Gasteiger partial charge < -0.3 is 15.0 Å². The Kier molecular flexibility index (Phi) is 5.49. The number of hydrogen-bond acceptors (Lipinski definition) is 5. The summed E-state index contributed by atoms with van der Waals surface area (Å²) in [5.74, 6) is 0. The molecule has 5 nitrogen and oxygen atoms in total. The highest BCUT2D eigenvalue weighted by Gasteiger charge is 2.40. The Morgan fingerprint density at radius 1 is 1.27 bits per heavy atom. The Bertz CT molecular complexity index is 745. The van der Waals surface area contributed by atoms with Crippen LogP contribution in [0.1, 0.15) is 28.2 Å². The van der Waals surface area contributed by atoms with Crippen LogP contribution in [-0.4, -0.2) is 59.3 Å². The molecule has 0 bridgehead atoms. The maximum Gasteiger partial charge on any atom is 0.170 e. The van der Waals surface area contributed by atoms with Gasteiger partial charge >= 0.3 is 0 Å². The molecule has 0 unspecified atom stereocenters. The Hall–Kier alpha value is -1.54. The molecule has 2 aliphatic rings. The fourth-order valence-electron chi connectivity index (χ4n) is 3.69. The summed E-state index contributed by atoms with van der Waals surface area (Å²) in [6.07, 6.45) is 1.86. The summed E-state index contributed by atoms with van der Waals surface area (Å²) in [5.41, 5.74) is 2.37. The Balaban J connectivity index is 1.59. The second-order valence-electron chi connectivity index (χ2n) is 6.74. The molecule has 7 heteroatoms. The van der Waals surface area contributed by atoms with Crippen molar-refractivity contribution in [2.75, 3.05) is 39.4 Å². The molecule has 26 heavy (non-hydrogen) atoms. The van der Waals surface area contributed by atoms with Gasteiger partial charge in [0.05, 0.1) is 31.0 Å². The molecule has 2 aromatic rings. The van der Waals surface area contributed by atoms with Crippen LogP contribution in [-0.2, 0) is 4.74 Å². The van der Waals surface area contributed by atoms with Gasteiger partial charge in [0, 0.05) is 37.3 Å². The first-order valence-corrected chi connectivity index (χ1v) is 10.3. The minimum Gasteiger partial charge on any atom is -0.379 e. The fraction of sp³-hybridized carbons (Fsp3) is 0.474. The Morgan fingerprint density at radius 3 is 2.81 bits per heavy atom. The van der Waals surface area contributed by atoms with Crippen molar-refractivity contribution in [3.05, 3.63) is 52.0 Å². The molecule has 0 aliphatic carbocycles. The van der Waals surface area contributed by atoms with Crippen molar-refractivity contribution in [3.8, 4) is 0 Å². The van der Waals surface area contributed by atoms with E-state index in [9.17, 15) is 0 Å². The van der Waals surface area contributed by atoms with Crippen LogP contribution in [0.5, 0.6) is 0 Å². The van der Waals surface area contributed by atoms with Crippen molar-refractivity contribution < 1.29 is 4.74 Å². The first kappa shape index (κ1) is 17.9. The van der Waals surface area contributed by atoms with Gasteiger partial charge in [0.25, 0.3) is 0 Å². The summed E-state index contributed by atoms with van der Waals surface area (Å²) in [7, 11) is 0. The number of hydrogen-bond donors (Lipinski definition) is 1. The van der Waals surface area contributed by atoms with Crippen molar-refractivity contribution in [2.45, 2.75) is 19.0 Å². The SMILES string of the molecule is Cc1ccsc1[C@@H]1[C@@H](c2ccccn2)NC(=S)N1CCN1CCOCC1. The molecule has 2 saturated heterocycles. The number of nitrogens with zero attached hydrogens (tertiary/aromatic N) is 3. The van der Waals surface area contributed by atoms with E-state index >= 15 is 0 Å². The van der Waals surface area contributed by atoms with Gasteiger partial charge in [-0.1, -0.05) is 6.07 Å². The topological polar surface area (TPSA) is 40.6 Å². The van der Waals surface area contributed by atoms with Gasteiger partial charge in [0.2, 0.25) is 0 Å². The molecule has 2 atom stereocenters. The first-order chi connectivity index (χ1) is 12.7. The zero-order valence-electron chi connectivity index (χ0n) is 14.9. The van der Waals surface area contributed by atoms with Gasteiger partial charge in [-0.15, -0.1) is 11.3 Å². The van der Waals surface area contributed by atoms with Crippen LogP contribution < -0.4 is 5.32 Å². The summed E-state index contributed by atoms with van der Waals surface area (Å²) >= 11 is 7.54. The van der Waals surface area contributed by atoms with E-state index in [4.69, 9.17) is 17.0 Å². The van der Waals surface area contributed by atoms with Crippen LogP contribution in [0.25, 0.3) is 0 Å². The highest BCUT2D eigenvalue weighted by Crippen LogP contribution is 2.41. The maximum atomic E-state index is 5.73. The van der Waals surface area contributed by atoms with E-state index in [1.54, 1.807) is 0 Å². The smallest absolute Gasteiger partial charge is 0.170 e. The lowest BCUT2D eigenvalue weighted by Crippen LogP contribution is -2.42. The lowest BCUT2D eigenvalue weighted by atomic mass is 10.0. The summed E-state index contributed by atoms with van der Waals surface area (Å²) in [6.45, 7) is 7.75. The van der Waals surface area contributed by atoms with E-state index < -0.39 is 0 Å². The van der Waals surface area contributed by atoms with E-state index in [0.29, 0.717) is 0 Å². The third-order valence-corrected chi connectivity index (χ3v) is 6.57. The largest absolute Gasteiger partial charge is 0.379 e. The zero-order chi connectivity index (χ0) is 17.9. The molecule has 2 aromatic heterocycles. The van der Waals surface area contributed by atoms with E-state index in [0.717, 1.165) is 50.2 Å². The van der Waals surface area contributed by atoms with Gasteiger partial charge in [-0.05, 0) is 48.3 Å². The maximum absolute atomic E-state index is 5.73. The summed E-state index contributed by atoms with van der Waals surface area (Å²) in [6, 6.07) is 8.56. The molecule has 0 amide bonds. The van der Waals surface area contributed by atoms with Crippen LogP contribution in [0, 0.1) is 6.92 Å². The van der Waals surface area contributed by atoms with E-state index in [1.807, 2.05) is 29.7 Å². The molecular formula is C19H24N4OS2. The second-order valence-corrected chi connectivity index (χ2v) is 8.08. The van der Waals surface area contributed by atoms with Crippen LogP contribution in [0.4, 0.5) is 0 Å². The van der Waals surface area contributed by atoms with Crippen LogP contribution in [0.2, 0.25) is 0 Å². The van der Waals surface area contributed by atoms with Gasteiger partial charge in [0.15, 0.2) is 5.11 Å². The minimum atomic E-state index is 0.0886. The van der Waals surface area contributed by atoms with Gasteiger partial charge in [0.1, 0.15) is 0 Å². The predicted octanol–water partition coefficient (Wildman–Crippen LogP) is 2.76. The van der Waals surface area contributed by atoms with Crippen molar-refractivity contribution in [1.82, 2.24) is 20.1 Å². The highest BCUT2D eigenvalue weighted by molar-refractivity contribution is 7.80. The normalized spacial score (nSPS) is 24.0. The Morgan fingerprint density at radius 2 is 2.12 bits per heavy atom. The predicted molar refractivity (Wildman–Crippen MR) is 108 cm³/mol. The summed E-state index contributed by atoms with van der Waals surface area (Å²) in [4.78, 5) is 10.8. The third kappa shape index (κ3) is 3.62. The molecular weight excluding hydrogens is 364 g/mol. The van der Waals surface area contributed by atoms with Crippen molar-refractivity contribution >= 4 is 28.7 Å². The molecule has 4 rings (SSSR count). The number of aryl methyl sites for hydroxylation is 1. The summed E-state index contributed by atoms with van der Waals surface area (Å²) < 4.78 is 5.46. The van der Waals surface area contributed by atoms with Crippen LogP contribution in [0.15, 0.2) is 35.8 Å². The quantitative estimate of drug-likeness (QED) is 0.795. The number of morpholine rings is 1. The number of nitrogens with one attached hydrogen (secondary N) is 1. The lowest BCUT2D eigenvalue weighted by Gasteiger charge is -2.32.